The number of fused-ring (bicyclic) bond motifs is 1. The fourth-order valence-corrected chi connectivity index (χ4v) is 4.36. The van der Waals surface area contributed by atoms with E-state index >= 15 is 0 Å². The van der Waals surface area contributed by atoms with Crippen LogP contribution < -0.4 is 14.8 Å². The van der Waals surface area contributed by atoms with Gasteiger partial charge in [-0.05, 0) is 49.1 Å². The van der Waals surface area contributed by atoms with E-state index in [9.17, 15) is 0 Å². The van der Waals surface area contributed by atoms with E-state index in [4.69, 9.17) is 30.8 Å². The molecule has 5 nitrogen and oxygen atoms in total. The standard InChI is InChI=1S/C22H25ClN2O3/c1-26-18-6-7-19(27-2)20-17(18)13-22(8-10-28-11-9-22)21(25-20)24-14-15-4-3-5-16(23)12-15/h3-7,12H,8-11,13-14H2,1-2H3,(H,24,25). The van der Waals surface area contributed by atoms with Crippen LogP contribution in [0.15, 0.2) is 41.4 Å². The van der Waals surface area contributed by atoms with Gasteiger partial charge in [-0.1, -0.05) is 23.7 Å². The fourth-order valence-electron chi connectivity index (χ4n) is 4.14. The third-order valence-electron chi connectivity index (χ3n) is 5.69. The molecule has 0 unspecified atom stereocenters. The van der Waals surface area contributed by atoms with Gasteiger partial charge in [-0.15, -0.1) is 0 Å². The van der Waals surface area contributed by atoms with E-state index in [2.05, 4.69) is 5.32 Å². The number of methoxy groups -OCH3 is 2. The Kier molecular flexibility index (Phi) is 5.47. The average Bonchev–Trinajstić information content (AvgIpc) is 2.72. The highest BCUT2D eigenvalue weighted by molar-refractivity contribution is 6.30. The molecule has 148 valence electrons. The van der Waals surface area contributed by atoms with E-state index in [1.165, 1.54) is 0 Å². The van der Waals surface area contributed by atoms with Gasteiger partial charge in [0.2, 0.25) is 0 Å². The number of benzene rings is 2. The van der Waals surface area contributed by atoms with E-state index in [0.717, 1.165) is 71.6 Å². The molecule has 2 aromatic carbocycles. The first-order valence-electron chi connectivity index (χ1n) is 9.53. The lowest BCUT2D eigenvalue weighted by molar-refractivity contribution is 0.0446. The molecule has 0 aromatic heterocycles. The van der Waals surface area contributed by atoms with Crippen molar-refractivity contribution in [2.45, 2.75) is 25.8 Å². The smallest absolute Gasteiger partial charge is 0.142 e. The highest BCUT2D eigenvalue weighted by Gasteiger charge is 2.43. The zero-order valence-electron chi connectivity index (χ0n) is 16.3. The molecule has 1 N–H and O–H groups in total. The molecule has 4 rings (SSSR count). The second-order valence-electron chi connectivity index (χ2n) is 7.31. The number of hydrogen-bond donors (Lipinski definition) is 1. The lowest BCUT2D eigenvalue weighted by Gasteiger charge is -2.43. The molecule has 2 aromatic rings. The third kappa shape index (κ3) is 3.56. The quantitative estimate of drug-likeness (QED) is 0.806. The Labute approximate surface area is 170 Å². The summed E-state index contributed by atoms with van der Waals surface area (Å²) in [5, 5.41) is 4.32. The van der Waals surface area contributed by atoms with E-state index in [-0.39, 0.29) is 5.41 Å². The SMILES string of the molecule is COc1ccc(OC)c2c1CC1(CCOCC1)C(=NCc1cccc(Cl)c1)N2. The Morgan fingerprint density at radius 3 is 2.57 bits per heavy atom. The lowest BCUT2D eigenvalue weighted by Crippen LogP contribution is -2.46. The van der Waals surface area contributed by atoms with Crippen LogP contribution in [0.5, 0.6) is 11.5 Å². The van der Waals surface area contributed by atoms with Crippen molar-refractivity contribution in [3.8, 4) is 11.5 Å². The molecule has 1 spiro atoms. The molecule has 0 bridgehead atoms. The summed E-state index contributed by atoms with van der Waals surface area (Å²) >= 11 is 6.14. The number of halogens is 1. The summed E-state index contributed by atoms with van der Waals surface area (Å²) in [7, 11) is 3.40. The number of aliphatic imine (C=N–C) groups is 1. The van der Waals surface area contributed by atoms with Gasteiger partial charge >= 0.3 is 0 Å². The molecule has 1 saturated heterocycles. The maximum absolute atomic E-state index is 6.14. The van der Waals surface area contributed by atoms with Gasteiger partial charge in [0.05, 0.1) is 26.5 Å². The molecule has 2 aliphatic heterocycles. The summed E-state index contributed by atoms with van der Waals surface area (Å²) in [5.74, 6) is 2.67. The van der Waals surface area contributed by atoms with Crippen LogP contribution in [0.2, 0.25) is 5.02 Å². The summed E-state index contributed by atoms with van der Waals surface area (Å²) in [6.45, 7) is 2.05. The lowest BCUT2D eigenvalue weighted by atomic mass is 9.71. The highest BCUT2D eigenvalue weighted by Crippen LogP contribution is 2.47. The molecule has 28 heavy (non-hydrogen) atoms. The molecule has 1 fully saturated rings. The zero-order valence-corrected chi connectivity index (χ0v) is 17.0. The minimum absolute atomic E-state index is 0.0799. The monoisotopic (exact) mass is 400 g/mol. The van der Waals surface area contributed by atoms with Gasteiger partial charge in [0.15, 0.2) is 0 Å². The molecular formula is C22H25ClN2O3. The summed E-state index contributed by atoms with van der Waals surface area (Å²) in [4.78, 5) is 5.00. The second kappa shape index (κ2) is 8.02. The second-order valence-corrected chi connectivity index (χ2v) is 7.75. The first-order chi connectivity index (χ1) is 13.6. The van der Waals surface area contributed by atoms with E-state index < -0.39 is 0 Å². The van der Waals surface area contributed by atoms with Crippen molar-refractivity contribution in [3.05, 3.63) is 52.5 Å². The van der Waals surface area contributed by atoms with Gasteiger partial charge in [0, 0.05) is 29.2 Å². The third-order valence-corrected chi connectivity index (χ3v) is 5.93. The number of ether oxygens (including phenoxy) is 3. The summed E-state index contributed by atoms with van der Waals surface area (Å²) in [6, 6.07) is 11.8. The van der Waals surface area contributed by atoms with Crippen LogP contribution >= 0.6 is 11.6 Å². The molecule has 2 heterocycles. The summed E-state index contributed by atoms with van der Waals surface area (Å²) in [5.41, 5.74) is 3.10. The Balaban J connectivity index is 1.75. The van der Waals surface area contributed by atoms with Crippen molar-refractivity contribution >= 4 is 23.1 Å². The number of amidine groups is 1. The predicted octanol–water partition coefficient (Wildman–Crippen LogP) is 4.72. The Morgan fingerprint density at radius 2 is 1.86 bits per heavy atom. The maximum Gasteiger partial charge on any atom is 0.142 e. The topological polar surface area (TPSA) is 52.1 Å². The normalized spacial score (nSPS) is 19.2. The molecule has 0 saturated carbocycles. The van der Waals surface area contributed by atoms with Crippen LogP contribution in [0.4, 0.5) is 5.69 Å². The van der Waals surface area contributed by atoms with Crippen LogP contribution in [0.1, 0.15) is 24.0 Å². The van der Waals surface area contributed by atoms with Crippen molar-refractivity contribution in [2.24, 2.45) is 10.4 Å². The Bertz CT molecular complexity index is 891. The van der Waals surface area contributed by atoms with E-state index in [1.54, 1.807) is 14.2 Å². The molecule has 2 aliphatic rings. The zero-order chi connectivity index (χ0) is 19.6. The van der Waals surface area contributed by atoms with Crippen LogP contribution in [-0.2, 0) is 17.7 Å². The average molecular weight is 401 g/mol. The van der Waals surface area contributed by atoms with Crippen LogP contribution in [-0.4, -0.2) is 33.3 Å². The van der Waals surface area contributed by atoms with Crippen LogP contribution in [0, 0.1) is 5.41 Å². The number of hydrogen-bond acceptors (Lipinski definition) is 4. The summed E-state index contributed by atoms with van der Waals surface area (Å²) in [6.07, 6.45) is 2.70. The van der Waals surface area contributed by atoms with E-state index in [1.807, 2.05) is 36.4 Å². The highest BCUT2D eigenvalue weighted by atomic mass is 35.5. The molecule has 0 amide bonds. The number of rotatable bonds is 4. The van der Waals surface area contributed by atoms with Gasteiger partial charge < -0.3 is 19.5 Å². The van der Waals surface area contributed by atoms with Gasteiger partial charge in [0.1, 0.15) is 17.3 Å². The number of nitrogens with one attached hydrogen (secondary N) is 1. The van der Waals surface area contributed by atoms with Gasteiger partial charge in [-0.25, -0.2) is 0 Å². The van der Waals surface area contributed by atoms with Crippen molar-refractivity contribution in [3.63, 3.8) is 0 Å². The van der Waals surface area contributed by atoms with Gasteiger partial charge in [-0.2, -0.15) is 0 Å². The van der Waals surface area contributed by atoms with Gasteiger partial charge in [0.25, 0.3) is 0 Å². The minimum Gasteiger partial charge on any atom is -0.496 e. The van der Waals surface area contributed by atoms with Crippen molar-refractivity contribution in [1.82, 2.24) is 0 Å². The molecule has 0 radical (unpaired) electrons. The Morgan fingerprint density at radius 1 is 1.11 bits per heavy atom. The van der Waals surface area contributed by atoms with E-state index in [0.29, 0.717) is 6.54 Å². The Hall–Kier alpha value is -2.24. The molecule has 0 aliphatic carbocycles. The fraction of sp³-hybridized carbons (Fsp3) is 0.409. The largest absolute Gasteiger partial charge is 0.496 e. The number of nitrogens with zero attached hydrogens (tertiary/aromatic N) is 1. The molecular weight excluding hydrogens is 376 g/mol. The maximum atomic E-state index is 6.14. The van der Waals surface area contributed by atoms with Crippen molar-refractivity contribution in [1.29, 1.82) is 0 Å². The molecule has 6 heteroatoms. The first-order valence-corrected chi connectivity index (χ1v) is 9.91. The minimum atomic E-state index is -0.0799. The summed E-state index contributed by atoms with van der Waals surface area (Å²) < 4.78 is 16.9. The van der Waals surface area contributed by atoms with Gasteiger partial charge in [-0.3, -0.25) is 4.99 Å². The predicted molar refractivity (Wildman–Crippen MR) is 112 cm³/mol. The number of anilines is 1. The first kappa shape index (κ1) is 19.1. The van der Waals surface area contributed by atoms with Crippen molar-refractivity contribution < 1.29 is 14.2 Å². The van der Waals surface area contributed by atoms with Crippen LogP contribution in [0.25, 0.3) is 0 Å². The van der Waals surface area contributed by atoms with Crippen molar-refractivity contribution in [2.75, 3.05) is 32.8 Å². The molecule has 0 atom stereocenters. The van der Waals surface area contributed by atoms with Crippen LogP contribution in [0.3, 0.4) is 0 Å².